The molecular formula is C13H17N3O5. The Balaban J connectivity index is 2.67. The highest BCUT2D eigenvalue weighted by molar-refractivity contribution is 5.82. The van der Waals surface area contributed by atoms with Crippen LogP contribution in [0.4, 0.5) is 10.5 Å². The molecule has 3 N–H and O–H groups in total. The Morgan fingerprint density at radius 3 is 2.62 bits per heavy atom. The molecule has 0 aliphatic rings. The van der Waals surface area contributed by atoms with Crippen molar-refractivity contribution in [3.8, 4) is 0 Å². The minimum Gasteiger partial charge on any atom is -0.480 e. The van der Waals surface area contributed by atoms with Gasteiger partial charge in [0.2, 0.25) is 0 Å². The highest BCUT2D eigenvalue weighted by Crippen LogP contribution is 2.20. The number of nitrogens with one attached hydrogen (secondary N) is 2. The third-order valence-corrected chi connectivity index (χ3v) is 3.07. The van der Waals surface area contributed by atoms with E-state index in [0.29, 0.717) is 11.1 Å². The van der Waals surface area contributed by atoms with Crippen LogP contribution in [0.3, 0.4) is 0 Å². The van der Waals surface area contributed by atoms with Gasteiger partial charge in [-0.05, 0) is 18.9 Å². The molecule has 0 heterocycles. The third kappa shape index (κ3) is 4.44. The van der Waals surface area contributed by atoms with Gasteiger partial charge < -0.3 is 15.7 Å². The van der Waals surface area contributed by atoms with E-state index in [4.69, 9.17) is 5.11 Å². The number of carbonyl (C=O) groups excluding carboxylic acids is 1. The second kappa shape index (κ2) is 7.22. The number of benzene rings is 1. The summed E-state index contributed by atoms with van der Waals surface area (Å²) in [4.78, 5) is 32.7. The van der Waals surface area contributed by atoms with Crippen molar-refractivity contribution in [3.63, 3.8) is 0 Å². The zero-order valence-electron chi connectivity index (χ0n) is 11.8. The predicted octanol–water partition coefficient (Wildman–Crippen LogP) is 1.57. The van der Waals surface area contributed by atoms with E-state index >= 15 is 0 Å². The van der Waals surface area contributed by atoms with E-state index in [1.165, 1.54) is 12.1 Å². The van der Waals surface area contributed by atoms with Crippen molar-refractivity contribution in [2.24, 2.45) is 0 Å². The number of nitro groups is 1. The molecule has 0 saturated carbocycles. The molecule has 0 aliphatic heterocycles. The van der Waals surface area contributed by atoms with Gasteiger partial charge in [0.05, 0.1) is 4.92 Å². The van der Waals surface area contributed by atoms with Gasteiger partial charge in [-0.3, -0.25) is 10.1 Å². The molecule has 8 heteroatoms. The molecule has 2 amide bonds. The maximum atomic E-state index is 11.6. The summed E-state index contributed by atoms with van der Waals surface area (Å²) in [7, 11) is 0. The number of rotatable bonds is 6. The van der Waals surface area contributed by atoms with Crippen molar-refractivity contribution in [1.82, 2.24) is 10.6 Å². The van der Waals surface area contributed by atoms with Gasteiger partial charge in [0.15, 0.2) is 0 Å². The van der Waals surface area contributed by atoms with Crippen LogP contribution < -0.4 is 10.6 Å². The van der Waals surface area contributed by atoms with Crippen molar-refractivity contribution in [2.45, 2.75) is 32.9 Å². The van der Waals surface area contributed by atoms with Gasteiger partial charge in [0.25, 0.3) is 5.69 Å². The Labute approximate surface area is 121 Å². The predicted molar refractivity (Wildman–Crippen MR) is 74.9 cm³/mol. The van der Waals surface area contributed by atoms with Crippen molar-refractivity contribution in [2.75, 3.05) is 0 Å². The second-order valence-corrected chi connectivity index (χ2v) is 4.44. The lowest BCUT2D eigenvalue weighted by molar-refractivity contribution is -0.385. The Kier molecular flexibility index (Phi) is 5.65. The smallest absolute Gasteiger partial charge is 0.326 e. The monoisotopic (exact) mass is 295 g/mol. The average molecular weight is 295 g/mol. The van der Waals surface area contributed by atoms with Crippen LogP contribution in [-0.2, 0) is 11.3 Å². The Morgan fingerprint density at radius 2 is 2.10 bits per heavy atom. The van der Waals surface area contributed by atoms with Gasteiger partial charge in [-0.1, -0.05) is 19.1 Å². The third-order valence-electron chi connectivity index (χ3n) is 3.07. The van der Waals surface area contributed by atoms with Crippen LogP contribution in [0, 0.1) is 17.0 Å². The summed E-state index contributed by atoms with van der Waals surface area (Å²) in [6.07, 6.45) is 0.262. The number of aliphatic carboxylic acids is 1. The van der Waals surface area contributed by atoms with Crippen molar-refractivity contribution < 1.29 is 19.6 Å². The lowest BCUT2D eigenvalue weighted by Crippen LogP contribution is -2.45. The minimum absolute atomic E-state index is 0.0216. The highest BCUT2D eigenvalue weighted by atomic mass is 16.6. The molecule has 1 rings (SSSR count). The molecule has 0 saturated heterocycles. The number of nitrogens with zero attached hydrogens (tertiary/aromatic N) is 1. The first kappa shape index (κ1) is 16.4. The number of nitro benzene ring substituents is 1. The van der Waals surface area contributed by atoms with E-state index < -0.39 is 23.0 Å². The quantitative estimate of drug-likeness (QED) is 0.543. The van der Waals surface area contributed by atoms with E-state index in [0.717, 1.165) is 0 Å². The van der Waals surface area contributed by atoms with Gasteiger partial charge in [-0.25, -0.2) is 9.59 Å². The molecule has 8 nitrogen and oxygen atoms in total. The zero-order chi connectivity index (χ0) is 16.0. The van der Waals surface area contributed by atoms with Crippen LogP contribution in [0.5, 0.6) is 0 Å². The zero-order valence-corrected chi connectivity index (χ0v) is 11.8. The van der Waals surface area contributed by atoms with Crippen molar-refractivity contribution in [3.05, 3.63) is 39.4 Å². The number of carbonyl (C=O) groups is 2. The normalized spacial score (nSPS) is 11.5. The molecule has 1 unspecified atom stereocenters. The molecule has 0 bridgehead atoms. The highest BCUT2D eigenvalue weighted by Gasteiger charge is 2.18. The van der Waals surface area contributed by atoms with Crippen LogP contribution in [0.1, 0.15) is 24.5 Å². The summed E-state index contributed by atoms with van der Waals surface area (Å²) in [5, 5.41) is 24.4. The Morgan fingerprint density at radius 1 is 1.43 bits per heavy atom. The summed E-state index contributed by atoms with van der Waals surface area (Å²) < 4.78 is 0. The lowest BCUT2D eigenvalue weighted by Gasteiger charge is -2.13. The van der Waals surface area contributed by atoms with Crippen LogP contribution >= 0.6 is 0 Å². The molecule has 114 valence electrons. The van der Waals surface area contributed by atoms with Gasteiger partial charge in [-0.2, -0.15) is 0 Å². The van der Waals surface area contributed by atoms with Crippen LogP contribution in [0.2, 0.25) is 0 Å². The number of hydrogen-bond donors (Lipinski definition) is 3. The second-order valence-electron chi connectivity index (χ2n) is 4.44. The van der Waals surface area contributed by atoms with Crippen LogP contribution in [0.25, 0.3) is 0 Å². The fraction of sp³-hybridized carbons (Fsp3) is 0.385. The van der Waals surface area contributed by atoms with Crippen LogP contribution in [0.15, 0.2) is 18.2 Å². The minimum atomic E-state index is -1.11. The van der Waals surface area contributed by atoms with Gasteiger partial charge in [-0.15, -0.1) is 0 Å². The number of amides is 2. The van der Waals surface area contributed by atoms with E-state index in [1.807, 2.05) is 0 Å². The van der Waals surface area contributed by atoms with Gasteiger partial charge in [0, 0.05) is 18.2 Å². The van der Waals surface area contributed by atoms with Crippen LogP contribution in [-0.4, -0.2) is 28.1 Å². The first-order chi connectivity index (χ1) is 9.86. The number of urea groups is 1. The number of carboxylic acid groups (broad SMARTS) is 1. The number of carboxylic acids is 1. The molecule has 0 spiro atoms. The first-order valence-corrected chi connectivity index (χ1v) is 6.36. The molecule has 0 aromatic heterocycles. The lowest BCUT2D eigenvalue weighted by atomic mass is 10.1. The fourth-order valence-corrected chi connectivity index (χ4v) is 1.78. The Hall–Kier alpha value is -2.64. The summed E-state index contributed by atoms with van der Waals surface area (Å²) in [6.45, 7) is 3.32. The summed E-state index contributed by atoms with van der Waals surface area (Å²) in [6, 6.07) is 2.99. The standard InChI is InChI=1S/C13H17N3O5/c1-3-10(12(17)18)15-13(19)14-7-9-5-4-6-11(8(9)2)16(20)21/h4-6,10H,3,7H2,1-2H3,(H,17,18)(H2,14,15,19). The van der Waals surface area contributed by atoms with E-state index in [1.54, 1.807) is 19.9 Å². The van der Waals surface area contributed by atoms with Crippen molar-refractivity contribution in [1.29, 1.82) is 0 Å². The van der Waals surface area contributed by atoms with E-state index in [-0.39, 0.29) is 18.7 Å². The van der Waals surface area contributed by atoms with Crippen molar-refractivity contribution >= 4 is 17.7 Å². The summed E-state index contributed by atoms with van der Waals surface area (Å²) in [5.41, 5.74) is 1.04. The average Bonchev–Trinajstić information content (AvgIpc) is 2.42. The van der Waals surface area contributed by atoms with E-state index in [2.05, 4.69) is 10.6 Å². The topological polar surface area (TPSA) is 122 Å². The van der Waals surface area contributed by atoms with Gasteiger partial charge in [0.1, 0.15) is 6.04 Å². The molecule has 0 radical (unpaired) electrons. The molecular weight excluding hydrogens is 278 g/mol. The molecule has 1 aromatic rings. The maximum absolute atomic E-state index is 11.6. The van der Waals surface area contributed by atoms with E-state index in [9.17, 15) is 19.7 Å². The summed E-state index contributed by atoms with van der Waals surface area (Å²) >= 11 is 0. The molecule has 1 aromatic carbocycles. The number of hydrogen-bond acceptors (Lipinski definition) is 4. The summed E-state index contributed by atoms with van der Waals surface area (Å²) in [5.74, 6) is -1.11. The molecule has 21 heavy (non-hydrogen) atoms. The van der Waals surface area contributed by atoms with Gasteiger partial charge >= 0.3 is 12.0 Å². The Bertz CT molecular complexity index is 559. The molecule has 1 atom stereocenters. The molecule has 0 aliphatic carbocycles. The molecule has 0 fully saturated rings. The SMILES string of the molecule is CCC(NC(=O)NCc1cccc([N+](=O)[O-])c1C)C(=O)O. The first-order valence-electron chi connectivity index (χ1n) is 6.36. The fourth-order valence-electron chi connectivity index (χ4n) is 1.78. The maximum Gasteiger partial charge on any atom is 0.326 e. The largest absolute Gasteiger partial charge is 0.480 e.